The van der Waals surface area contributed by atoms with Crippen molar-refractivity contribution >= 4 is 29.1 Å². The zero-order valence-corrected chi connectivity index (χ0v) is 15.8. The molecule has 132 valence electrons. The van der Waals surface area contributed by atoms with Crippen LogP contribution in [0, 0.1) is 27.7 Å². The summed E-state index contributed by atoms with van der Waals surface area (Å²) in [5.74, 6) is -0.355. The van der Waals surface area contributed by atoms with Gasteiger partial charge in [0, 0.05) is 11.4 Å². The highest BCUT2D eigenvalue weighted by Crippen LogP contribution is 2.24. The van der Waals surface area contributed by atoms with Crippen molar-refractivity contribution in [3.8, 4) is 0 Å². The number of H-pyrrole nitrogens is 1. The van der Waals surface area contributed by atoms with Gasteiger partial charge in [0.15, 0.2) is 5.78 Å². The standard InChI is InChI=1S/C18H21N3O3S/c1-9-6-10(2)16(11(3)7-9)20-14(23)8-25-17-15(13(5)22)12(4)19-18(24)21-17/h6-7H,8H2,1-5H3,(H,20,23)(H,19,21,24). The van der Waals surface area contributed by atoms with E-state index in [1.54, 1.807) is 6.92 Å². The van der Waals surface area contributed by atoms with E-state index in [1.165, 1.54) is 6.92 Å². The minimum Gasteiger partial charge on any atom is -0.325 e. The number of hydrogen-bond donors (Lipinski definition) is 2. The van der Waals surface area contributed by atoms with Crippen LogP contribution in [0.4, 0.5) is 5.69 Å². The summed E-state index contributed by atoms with van der Waals surface area (Å²) >= 11 is 1.08. The Hall–Kier alpha value is -2.41. The monoisotopic (exact) mass is 359 g/mol. The van der Waals surface area contributed by atoms with E-state index < -0.39 is 5.69 Å². The van der Waals surface area contributed by atoms with E-state index in [4.69, 9.17) is 0 Å². The Morgan fingerprint density at radius 2 is 1.76 bits per heavy atom. The number of aromatic amines is 1. The maximum absolute atomic E-state index is 12.3. The number of thioether (sulfide) groups is 1. The van der Waals surface area contributed by atoms with Crippen molar-refractivity contribution < 1.29 is 9.59 Å². The van der Waals surface area contributed by atoms with E-state index in [2.05, 4.69) is 15.3 Å². The fourth-order valence-corrected chi connectivity index (χ4v) is 3.69. The number of nitrogens with zero attached hydrogens (tertiary/aromatic N) is 1. The lowest BCUT2D eigenvalue weighted by Gasteiger charge is -2.13. The predicted octanol–water partition coefficient (Wildman–Crippen LogP) is 2.94. The van der Waals surface area contributed by atoms with Gasteiger partial charge in [-0.3, -0.25) is 9.59 Å². The van der Waals surface area contributed by atoms with Crippen LogP contribution in [0.3, 0.4) is 0 Å². The number of aromatic nitrogens is 2. The summed E-state index contributed by atoms with van der Waals surface area (Å²) in [6.07, 6.45) is 0. The number of Topliss-reactive ketones (excluding diaryl/α,β-unsaturated/α-hetero) is 1. The third-order valence-corrected chi connectivity index (χ3v) is 4.70. The number of carbonyl (C=O) groups excluding carboxylic acids is 2. The molecular weight excluding hydrogens is 338 g/mol. The SMILES string of the molecule is CC(=O)c1c(SCC(=O)Nc2c(C)cc(C)cc2C)nc(=O)[nH]c1C. The van der Waals surface area contributed by atoms with Gasteiger partial charge in [0.1, 0.15) is 5.03 Å². The quantitative estimate of drug-likeness (QED) is 0.486. The molecule has 1 aromatic heterocycles. The summed E-state index contributed by atoms with van der Waals surface area (Å²) in [6.45, 7) is 8.94. The van der Waals surface area contributed by atoms with Gasteiger partial charge in [-0.15, -0.1) is 0 Å². The molecule has 2 N–H and O–H groups in total. The van der Waals surface area contributed by atoms with E-state index in [0.717, 1.165) is 34.1 Å². The average Bonchev–Trinajstić information content (AvgIpc) is 2.47. The number of anilines is 1. The Bertz CT molecular complexity index is 880. The normalized spacial score (nSPS) is 10.6. The largest absolute Gasteiger partial charge is 0.346 e. The predicted molar refractivity (Wildman–Crippen MR) is 99.6 cm³/mol. The summed E-state index contributed by atoms with van der Waals surface area (Å²) in [5, 5.41) is 3.17. The van der Waals surface area contributed by atoms with Crippen molar-refractivity contribution in [3.63, 3.8) is 0 Å². The average molecular weight is 359 g/mol. The van der Waals surface area contributed by atoms with Crippen LogP contribution in [-0.2, 0) is 4.79 Å². The number of amides is 1. The first kappa shape index (κ1) is 18.9. The van der Waals surface area contributed by atoms with E-state index in [-0.39, 0.29) is 22.5 Å². The number of rotatable bonds is 5. The molecule has 0 spiro atoms. The van der Waals surface area contributed by atoms with Gasteiger partial charge in [-0.05, 0) is 45.7 Å². The number of benzene rings is 1. The fraction of sp³-hybridized carbons (Fsp3) is 0.333. The van der Waals surface area contributed by atoms with Crippen LogP contribution in [0.15, 0.2) is 22.0 Å². The molecular formula is C18H21N3O3S. The topological polar surface area (TPSA) is 91.9 Å². The lowest BCUT2D eigenvalue weighted by atomic mass is 10.1. The Kier molecular flexibility index (Phi) is 5.79. The molecule has 1 aromatic carbocycles. The summed E-state index contributed by atoms with van der Waals surface area (Å²) in [7, 11) is 0. The molecule has 2 rings (SSSR count). The number of carbonyl (C=O) groups is 2. The molecule has 6 nitrogen and oxygen atoms in total. The lowest BCUT2D eigenvalue weighted by molar-refractivity contribution is -0.113. The molecule has 0 aliphatic carbocycles. The molecule has 0 aliphatic rings. The second-order valence-corrected chi connectivity index (χ2v) is 6.98. The second-order valence-electron chi connectivity index (χ2n) is 6.01. The van der Waals surface area contributed by atoms with Crippen LogP contribution in [-0.4, -0.2) is 27.4 Å². The molecule has 0 bridgehead atoms. The lowest BCUT2D eigenvalue weighted by Crippen LogP contribution is -2.19. The summed E-state index contributed by atoms with van der Waals surface area (Å²) in [4.78, 5) is 42.0. The van der Waals surface area contributed by atoms with Crippen molar-refractivity contribution in [1.82, 2.24) is 9.97 Å². The van der Waals surface area contributed by atoms with Crippen molar-refractivity contribution in [3.05, 3.63) is 50.6 Å². The van der Waals surface area contributed by atoms with Gasteiger partial charge in [-0.2, -0.15) is 4.98 Å². The first-order valence-electron chi connectivity index (χ1n) is 7.81. The van der Waals surface area contributed by atoms with Gasteiger partial charge in [-0.1, -0.05) is 29.5 Å². The molecule has 2 aromatic rings. The van der Waals surface area contributed by atoms with Crippen molar-refractivity contribution in [2.45, 2.75) is 39.6 Å². The van der Waals surface area contributed by atoms with E-state index in [1.807, 2.05) is 32.9 Å². The summed E-state index contributed by atoms with van der Waals surface area (Å²) in [5.41, 5.74) is 4.18. The fourth-order valence-electron chi connectivity index (χ4n) is 2.77. The van der Waals surface area contributed by atoms with Crippen molar-refractivity contribution in [1.29, 1.82) is 0 Å². The Morgan fingerprint density at radius 1 is 1.16 bits per heavy atom. The summed E-state index contributed by atoms with van der Waals surface area (Å²) < 4.78 is 0. The molecule has 0 unspecified atom stereocenters. The zero-order valence-electron chi connectivity index (χ0n) is 14.9. The Balaban J connectivity index is 2.16. The van der Waals surface area contributed by atoms with E-state index in [9.17, 15) is 14.4 Å². The highest BCUT2D eigenvalue weighted by atomic mass is 32.2. The van der Waals surface area contributed by atoms with Gasteiger partial charge < -0.3 is 10.3 Å². The highest BCUT2D eigenvalue weighted by molar-refractivity contribution is 8.00. The van der Waals surface area contributed by atoms with Gasteiger partial charge in [0.25, 0.3) is 0 Å². The molecule has 7 heteroatoms. The van der Waals surface area contributed by atoms with Crippen molar-refractivity contribution in [2.24, 2.45) is 0 Å². The van der Waals surface area contributed by atoms with E-state index in [0.29, 0.717) is 11.3 Å². The molecule has 1 heterocycles. The van der Waals surface area contributed by atoms with Crippen molar-refractivity contribution in [2.75, 3.05) is 11.1 Å². The minimum absolute atomic E-state index is 0.0585. The first-order valence-corrected chi connectivity index (χ1v) is 8.80. The Morgan fingerprint density at radius 3 is 2.32 bits per heavy atom. The third-order valence-electron chi connectivity index (χ3n) is 3.72. The number of aryl methyl sites for hydroxylation is 4. The molecule has 0 saturated heterocycles. The number of ketones is 1. The van der Waals surface area contributed by atoms with Gasteiger partial charge in [0.2, 0.25) is 5.91 Å². The summed E-state index contributed by atoms with van der Waals surface area (Å²) in [6, 6.07) is 4.01. The van der Waals surface area contributed by atoms with Gasteiger partial charge >= 0.3 is 5.69 Å². The first-order chi connectivity index (χ1) is 11.7. The third kappa shape index (κ3) is 4.57. The molecule has 0 aliphatic heterocycles. The number of nitrogens with one attached hydrogen (secondary N) is 2. The van der Waals surface area contributed by atoms with Gasteiger partial charge in [-0.25, -0.2) is 4.79 Å². The molecule has 25 heavy (non-hydrogen) atoms. The molecule has 0 atom stereocenters. The second kappa shape index (κ2) is 7.65. The van der Waals surface area contributed by atoms with Crippen LogP contribution in [0.2, 0.25) is 0 Å². The molecule has 1 amide bonds. The molecule has 0 saturated carbocycles. The van der Waals surface area contributed by atoms with Crippen LogP contribution >= 0.6 is 11.8 Å². The van der Waals surface area contributed by atoms with Crippen LogP contribution in [0.5, 0.6) is 0 Å². The van der Waals surface area contributed by atoms with Crippen LogP contribution < -0.4 is 11.0 Å². The maximum Gasteiger partial charge on any atom is 0.346 e. The Labute approximate surface area is 150 Å². The molecule has 0 radical (unpaired) electrons. The zero-order chi connectivity index (χ0) is 18.7. The van der Waals surface area contributed by atoms with Crippen LogP contribution in [0.25, 0.3) is 0 Å². The van der Waals surface area contributed by atoms with E-state index >= 15 is 0 Å². The smallest absolute Gasteiger partial charge is 0.325 e. The molecule has 0 fully saturated rings. The number of hydrogen-bond acceptors (Lipinski definition) is 5. The van der Waals surface area contributed by atoms with Crippen LogP contribution in [0.1, 0.15) is 39.7 Å². The minimum atomic E-state index is -0.532. The van der Waals surface area contributed by atoms with Gasteiger partial charge in [0.05, 0.1) is 11.3 Å². The maximum atomic E-state index is 12.3. The highest BCUT2D eigenvalue weighted by Gasteiger charge is 2.16.